The maximum Gasteiger partial charge on any atom is 0.169 e. The summed E-state index contributed by atoms with van der Waals surface area (Å²) in [5, 5.41) is 4.20. The zero-order chi connectivity index (χ0) is 10.1. The molecular formula is C11H16N2O. The second kappa shape index (κ2) is 3.56. The fraction of sp³-hybridized carbons (Fsp3) is 0.636. The largest absolute Gasteiger partial charge is 0.294 e. The van der Waals surface area contributed by atoms with Crippen LogP contribution in [0.1, 0.15) is 41.7 Å². The standard InChI is InChI=1S/C11H16N2O/c1-8-10(7-13(2)12-8)11(14)9-5-3-4-6-9/h7,9H,3-6H2,1-2H3. The van der Waals surface area contributed by atoms with Gasteiger partial charge in [0.2, 0.25) is 0 Å². The maximum absolute atomic E-state index is 12.0. The Morgan fingerprint density at radius 1 is 1.50 bits per heavy atom. The lowest BCUT2D eigenvalue weighted by atomic mass is 9.97. The first-order chi connectivity index (χ1) is 6.68. The number of aromatic nitrogens is 2. The molecule has 0 N–H and O–H groups in total. The van der Waals surface area contributed by atoms with Gasteiger partial charge in [0, 0.05) is 19.2 Å². The first-order valence-corrected chi connectivity index (χ1v) is 5.23. The summed E-state index contributed by atoms with van der Waals surface area (Å²) in [5.74, 6) is 0.561. The Morgan fingerprint density at radius 3 is 2.64 bits per heavy atom. The maximum atomic E-state index is 12.0. The minimum absolute atomic E-state index is 0.262. The Balaban J connectivity index is 2.21. The normalized spacial score (nSPS) is 17.6. The predicted octanol–water partition coefficient (Wildman–Crippen LogP) is 2.10. The van der Waals surface area contributed by atoms with Crippen LogP contribution in [0, 0.1) is 12.8 Å². The molecule has 1 aliphatic carbocycles. The first kappa shape index (κ1) is 9.44. The number of hydrogen-bond acceptors (Lipinski definition) is 2. The highest BCUT2D eigenvalue weighted by molar-refractivity contribution is 5.98. The van der Waals surface area contributed by atoms with Gasteiger partial charge in [-0.2, -0.15) is 5.10 Å². The highest BCUT2D eigenvalue weighted by atomic mass is 16.1. The van der Waals surface area contributed by atoms with Crippen LogP contribution in [0.5, 0.6) is 0 Å². The molecule has 3 nitrogen and oxygen atoms in total. The number of ketones is 1. The van der Waals surface area contributed by atoms with Gasteiger partial charge in [-0.3, -0.25) is 9.48 Å². The van der Waals surface area contributed by atoms with E-state index < -0.39 is 0 Å². The van der Waals surface area contributed by atoms with Gasteiger partial charge in [0.05, 0.1) is 11.3 Å². The minimum atomic E-state index is 0.262. The van der Waals surface area contributed by atoms with Gasteiger partial charge in [-0.25, -0.2) is 0 Å². The highest BCUT2D eigenvalue weighted by Gasteiger charge is 2.25. The number of carbonyl (C=O) groups is 1. The van der Waals surface area contributed by atoms with E-state index in [-0.39, 0.29) is 5.92 Å². The van der Waals surface area contributed by atoms with E-state index in [9.17, 15) is 4.79 Å². The molecule has 1 fully saturated rings. The van der Waals surface area contributed by atoms with E-state index in [0.29, 0.717) is 5.78 Å². The fourth-order valence-corrected chi connectivity index (χ4v) is 2.25. The quantitative estimate of drug-likeness (QED) is 0.672. The van der Waals surface area contributed by atoms with E-state index in [1.165, 1.54) is 12.8 Å². The van der Waals surface area contributed by atoms with Crippen molar-refractivity contribution in [3.05, 3.63) is 17.5 Å². The predicted molar refractivity (Wildman–Crippen MR) is 54.2 cm³/mol. The molecule has 1 saturated carbocycles. The van der Waals surface area contributed by atoms with Crippen LogP contribution in [-0.2, 0) is 7.05 Å². The molecule has 76 valence electrons. The van der Waals surface area contributed by atoms with Crippen LogP contribution in [0.4, 0.5) is 0 Å². The molecule has 0 aromatic carbocycles. The van der Waals surface area contributed by atoms with Crippen LogP contribution in [0.25, 0.3) is 0 Å². The van der Waals surface area contributed by atoms with E-state index >= 15 is 0 Å². The van der Waals surface area contributed by atoms with Crippen molar-refractivity contribution in [3.63, 3.8) is 0 Å². The molecule has 2 rings (SSSR count). The highest BCUT2D eigenvalue weighted by Crippen LogP contribution is 2.28. The average Bonchev–Trinajstić information content (AvgIpc) is 2.73. The summed E-state index contributed by atoms with van der Waals surface area (Å²) in [4.78, 5) is 12.0. The number of hydrogen-bond donors (Lipinski definition) is 0. The average molecular weight is 192 g/mol. The third-order valence-corrected chi connectivity index (χ3v) is 3.00. The number of carbonyl (C=O) groups excluding carboxylic acids is 1. The molecule has 14 heavy (non-hydrogen) atoms. The summed E-state index contributed by atoms with van der Waals surface area (Å²) in [6.07, 6.45) is 6.38. The molecule has 1 heterocycles. The topological polar surface area (TPSA) is 34.9 Å². The van der Waals surface area contributed by atoms with Crippen molar-refractivity contribution < 1.29 is 4.79 Å². The second-order valence-electron chi connectivity index (χ2n) is 4.15. The van der Waals surface area contributed by atoms with Crippen molar-refractivity contribution >= 4 is 5.78 Å². The molecule has 0 atom stereocenters. The van der Waals surface area contributed by atoms with Gasteiger partial charge in [-0.15, -0.1) is 0 Å². The minimum Gasteiger partial charge on any atom is -0.294 e. The fourth-order valence-electron chi connectivity index (χ4n) is 2.25. The van der Waals surface area contributed by atoms with Crippen molar-refractivity contribution in [1.82, 2.24) is 9.78 Å². The molecular weight excluding hydrogens is 176 g/mol. The van der Waals surface area contributed by atoms with Crippen LogP contribution in [0.3, 0.4) is 0 Å². The SMILES string of the molecule is Cc1nn(C)cc1C(=O)C1CCCC1. The van der Waals surface area contributed by atoms with Gasteiger partial charge in [-0.1, -0.05) is 12.8 Å². The van der Waals surface area contributed by atoms with E-state index in [0.717, 1.165) is 24.1 Å². The molecule has 3 heteroatoms. The zero-order valence-electron chi connectivity index (χ0n) is 8.79. The number of aryl methyl sites for hydroxylation is 2. The third-order valence-electron chi connectivity index (χ3n) is 3.00. The van der Waals surface area contributed by atoms with Crippen molar-refractivity contribution in [2.75, 3.05) is 0 Å². The van der Waals surface area contributed by atoms with Crippen molar-refractivity contribution in [1.29, 1.82) is 0 Å². The van der Waals surface area contributed by atoms with Gasteiger partial charge in [-0.05, 0) is 19.8 Å². The van der Waals surface area contributed by atoms with Crippen LogP contribution in [0.15, 0.2) is 6.20 Å². The van der Waals surface area contributed by atoms with E-state index in [4.69, 9.17) is 0 Å². The Kier molecular flexibility index (Phi) is 2.40. The molecule has 0 saturated heterocycles. The monoisotopic (exact) mass is 192 g/mol. The van der Waals surface area contributed by atoms with E-state index in [1.807, 2.05) is 20.2 Å². The molecule has 0 aliphatic heterocycles. The summed E-state index contributed by atoms with van der Waals surface area (Å²) in [7, 11) is 1.86. The smallest absolute Gasteiger partial charge is 0.169 e. The van der Waals surface area contributed by atoms with Crippen molar-refractivity contribution in [3.8, 4) is 0 Å². The molecule has 0 unspecified atom stereocenters. The Labute approximate surface area is 84.1 Å². The molecule has 1 aromatic rings. The molecule has 0 amide bonds. The Morgan fingerprint density at radius 2 is 2.14 bits per heavy atom. The van der Waals surface area contributed by atoms with Crippen molar-refractivity contribution in [2.45, 2.75) is 32.6 Å². The number of nitrogens with zero attached hydrogens (tertiary/aromatic N) is 2. The summed E-state index contributed by atoms with van der Waals surface area (Å²) < 4.78 is 1.72. The first-order valence-electron chi connectivity index (χ1n) is 5.23. The van der Waals surface area contributed by atoms with Gasteiger partial charge >= 0.3 is 0 Å². The molecule has 0 spiro atoms. The van der Waals surface area contributed by atoms with Crippen LogP contribution < -0.4 is 0 Å². The molecule has 1 aliphatic rings. The lowest BCUT2D eigenvalue weighted by Gasteiger charge is -2.05. The lowest BCUT2D eigenvalue weighted by Crippen LogP contribution is -2.11. The van der Waals surface area contributed by atoms with Gasteiger partial charge in [0.1, 0.15) is 0 Å². The molecule has 1 aromatic heterocycles. The van der Waals surface area contributed by atoms with Crippen molar-refractivity contribution in [2.24, 2.45) is 13.0 Å². The van der Waals surface area contributed by atoms with Crippen LogP contribution in [0.2, 0.25) is 0 Å². The van der Waals surface area contributed by atoms with Gasteiger partial charge in [0.15, 0.2) is 5.78 Å². The second-order valence-corrected chi connectivity index (χ2v) is 4.15. The van der Waals surface area contributed by atoms with Crippen LogP contribution >= 0.6 is 0 Å². The Hall–Kier alpha value is -1.12. The molecule has 0 bridgehead atoms. The van der Waals surface area contributed by atoms with E-state index in [1.54, 1.807) is 4.68 Å². The lowest BCUT2D eigenvalue weighted by molar-refractivity contribution is 0.0922. The summed E-state index contributed by atoms with van der Waals surface area (Å²) >= 11 is 0. The summed E-state index contributed by atoms with van der Waals surface area (Å²) in [6.45, 7) is 1.90. The molecule has 0 radical (unpaired) electrons. The summed E-state index contributed by atoms with van der Waals surface area (Å²) in [6, 6.07) is 0. The van der Waals surface area contributed by atoms with E-state index in [2.05, 4.69) is 5.10 Å². The van der Waals surface area contributed by atoms with Gasteiger partial charge < -0.3 is 0 Å². The summed E-state index contributed by atoms with van der Waals surface area (Å²) in [5.41, 5.74) is 1.68. The van der Waals surface area contributed by atoms with Gasteiger partial charge in [0.25, 0.3) is 0 Å². The van der Waals surface area contributed by atoms with Crippen LogP contribution in [-0.4, -0.2) is 15.6 Å². The number of rotatable bonds is 2. The zero-order valence-corrected chi connectivity index (χ0v) is 8.79. The third kappa shape index (κ3) is 1.59. The Bertz CT molecular complexity index is 348. The number of Topliss-reactive ketones (excluding diaryl/α,β-unsaturated/α-hetero) is 1.